The summed E-state index contributed by atoms with van der Waals surface area (Å²) in [6.45, 7) is 0. The van der Waals surface area contributed by atoms with Gasteiger partial charge in [-0.3, -0.25) is 0 Å². The molecule has 0 radical (unpaired) electrons. The van der Waals surface area contributed by atoms with Crippen molar-refractivity contribution in [3.8, 4) is 0 Å². The normalized spacial score (nSPS) is 14.6. The molecule has 1 aromatic heterocycles. The van der Waals surface area contributed by atoms with Gasteiger partial charge in [-0.2, -0.15) is 0 Å². The van der Waals surface area contributed by atoms with Crippen LogP contribution in [0, 0.1) is 0 Å². The molecule has 1 heteroatoms. The molecule has 1 aliphatic rings. The van der Waals surface area contributed by atoms with Crippen LogP contribution in [0.1, 0.15) is 5.69 Å². The van der Waals surface area contributed by atoms with Gasteiger partial charge in [0.25, 0.3) is 0 Å². The van der Waals surface area contributed by atoms with Crippen LogP contribution in [0.5, 0.6) is 0 Å². The van der Waals surface area contributed by atoms with E-state index in [1.807, 2.05) is 0 Å². The Labute approximate surface area is 111 Å². The standard InChI is InChI=1S/C18H13N/c1-2-7-15-12-17-13-16-8-3-4-10-18(16)19(17)11-5-9-14(15)6-1/h1-13H/b11-5?,14-9?,15-12-. The van der Waals surface area contributed by atoms with Crippen molar-refractivity contribution in [2.75, 3.05) is 0 Å². The molecule has 0 saturated heterocycles. The molecule has 0 unspecified atom stereocenters. The summed E-state index contributed by atoms with van der Waals surface area (Å²) in [5.41, 5.74) is 2.47. The van der Waals surface area contributed by atoms with Crippen LogP contribution in [0.4, 0.5) is 0 Å². The Kier molecular flexibility index (Phi) is 2.18. The van der Waals surface area contributed by atoms with Crippen LogP contribution in [0.2, 0.25) is 0 Å². The Hall–Kier alpha value is -2.54. The summed E-state index contributed by atoms with van der Waals surface area (Å²) in [5, 5.41) is 3.80. The number of allylic oxidation sites excluding steroid dienone is 1. The average Bonchev–Trinajstić information content (AvgIpc) is 2.76. The van der Waals surface area contributed by atoms with E-state index in [9.17, 15) is 0 Å². The van der Waals surface area contributed by atoms with Crippen molar-refractivity contribution in [1.82, 2.24) is 4.57 Å². The summed E-state index contributed by atoms with van der Waals surface area (Å²) in [6.07, 6.45) is 8.64. The lowest BCUT2D eigenvalue weighted by molar-refractivity contribution is 1.19. The predicted octanol–water partition coefficient (Wildman–Crippen LogP) is 2.73. The second-order valence-electron chi connectivity index (χ2n) is 4.78. The Morgan fingerprint density at radius 2 is 1.58 bits per heavy atom. The summed E-state index contributed by atoms with van der Waals surface area (Å²) in [4.78, 5) is 0. The number of nitrogens with zero attached hydrogens (tertiary/aromatic N) is 1. The third kappa shape index (κ3) is 1.63. The maximum absolute atomic E-state index is 2.25. The highest BCUT2D eigenvalue weighted by molar-refractivity contribution is 5.86. The molecule has 19 heavy (non-hydrogen) atoms. The van der Waals surface area contributed by atoms with E-state index in [2.05, 4.69) is 83.6 Å². The van der Waals surface area contributed by atoms with E-state index in [0.29, 0.717) is 0 Å². The first-order valence-electron chi connectivity index (χ1n) is 6.47. The Morgan fingerprint density at radius 3 is 2.53 bits per heavy atom. The number of rotatable bonds is 0. The second kappa shape index (κ2) is 3.99. The highest BCUT2D eigenvalue weighted by Gasteiger charge is 2.04. The van der Waals surface area contributed by atoms with Gasteiger partial charge in [0.1, 0.15) is 0 Å². The maximum Gasteiger partial charge on any atom is 0.0528 e. The fraction of sp³-hybridized carbons (Fsp3) is 0. The highest BCUT2D eigenvalue weighted by atomic mass is 15.0. The van der Waals surface area contributed by atoms with Crippen molar-refractivity contribution in [3.63, 3.8) is 0 Å². The molecule has 0 saturated carbocycles. The van der Waals surface area contributed by atoms with Crippen LogP contribution in [0.15, 0.2) is 60.7 Å². The van der Waals surface area contributed by atoms with Gasteiger partial charge in [-0.15, -0.1) is 0 Å². The lowest BCUT2D eigenvalue weighted by Crippen LogP contribution is -2.24. The molecule has 0 aliphatic carbocycles. The first-order valence-corrected chi connectivity index (χ1v) is 6.47. The predicted molar refractivity (Wildman–Crippen MR) is 81.0 cm³/mol. The van der Waals surface area contributed by atoms with Crippen molar-refractivity contribution in [1.29, 1.82) is 0 Å². The van der Waals surface area contributed by atoms with Crippen molar-refractivity contribution >= 4 is 29.3 Å². The summed E-state index contributed by atoms with van der Waals surface area (Å²) >= 11 is 0. The van der Waals surface area contributed by atoms with Gasteiger partial charge in [0.05, 0.1) is 5.52 Å². The fourth-order valence-corrected chi connectivity index (χ4v) is 2.66. The maximum atomic E-state index is 2.25. The molecule has 2 heterocycles. The molecule has 3 aromatic rings. The van der Waals surface area contributed by atoms with Crippen LogP contribution in [-0.4, -0.2) is 4.57 Å². The van der Waals surface area contributed by atoms with E-state index in [1.54, 1.807) is 0 Å². The molecule has 0 bridgehead atoms. The highest BCUT2D eigenvalue weighted by Crippen LogP contribution is 2.20. The fourth-order valence-electron chi connectivity index (χ4n) is 2.66. The minimum atomic E-state index is 1.22. The first-order chi connectivity index (χ1) is 9.42. The quantitative estimate of drug-likeness (QED) is 0.572. The average molecular weight is 243 g/mol. The van der Waals surface area contributed by atoms with Crippen molar-refractivity contribution < 1.29 is 0 Å². The van der Waals surface area contributed by atoms with Crippen LogP contribution in [-0.2, 0) is 0 Å². The second-order valence-corrected chi connectivity index (χ2v) is 4.78. The van der Waals surface area contributed by atoms with Gasteiger partial charge < -0.3 is 4.57 Å². The molecule has 0 atom stereocenters. The summed E-state index contributed by atoms with van der Waals surface area (Å²) < 4.78 is 2.24. The lowest BCUT2D eigenvalue weighted by atomic mass is 10.2. The minimum absolute atomic E-state index is 1.22. The number of para-hydroxylation sites is 1. The number of hydrogen-bond donors (Lipinski definition) is 0. The van der Waals surface area contributed by atoms with Crippen LogP contribution >= 0.6 is 0 Å². The Bertz CT molecular complexity index is 910. The third-order valence-electron chi connectivity index (χ3n) is 3.59. The molecule has 1 nitrogen and oxygen atoms in total. The summed E-state index contributed by atoms with van der Waals surface area (Å²) in [7, 11) is 0. The van der Waals surface area contributed by atoms with Gasteiger partial charge in [-0.25, -0.2) is 0 Å². The summed E-state index contributed by atoms with van der Waals surface area (Å²) in [6, 6.07) is 19.2. The van der Waals surface area contributed by atoms with E-state index >= 15 is 0 Å². The number of hydrogen-bond acceptors (Lipinski definition) is 0. The summed E-state index contributed by atoms with van der Waals surface area (Å²) in [5.74, 6) is 0. The number of fused-ring (bicyclic) bond motifs is 4. The van der Waals surface area contributed by atoms with Crippen LogP contribution in [0.25, 0.3) is 29.3 Å². The molecule has 1 aliphatic heterocycles. The monoisotopic (exact) mass is 243 g/mol. The third-order valence-corrected chi connectivity index (χ3v) is 3.59. The van der Waals surface area contributed by atoms with Crippen molar-refractivity contribution in [2.45, 2.75) is 0 Å². The van der Waals surface area contributed by atoms with E-state index in [0.717, 1.165) is 0 Å². The molecule has 90 valence electrons. The zero-order valence-electron chi connectivity index (χ0n) is 10.5. The van der Waals surface area contributed by atoms with Crippen LogP contribution < -0.4 is 10.4 Å². The van der Waals surface area contributed by atoms with Gasteiger partial charge in [0.15, 0.2) is 0 Å². The first kappa shape index (κ1) is 10.4. The van der Waals surface area contributed by atoms with Gasteiger partial charge >= 0.3 is 0 Å². The molecule has 4 rings (SSSR count). The Morgan fingerprint density at radius 1 is 0.789 bits per heavy atom. The van der Waals surface area contributed by atoms with Crippen molar-refractivity contribution in [2.24, 2.45) is 0 Å². The minimum Gasteiger partial charge on any atom is -0.317 e. The number of aromatic nitrogens is 1. The smallest absolute Gasteiger partial charge is 0.0528 e. The lowest BCUT2D eigenvalue weighted by Gasteiger charge is -2.03. The van der Waals surface area contributed by atoms with Gasteiger partial charge in [0, 0.05) is 17.3 Å². The van der Waals surface area contributed by atoms with Crippen LogP contribution in [0.3, 0.4) is 0 Å². The molecule has 2 aromatic carbocycles. The molecular weight excluding hydrogens is 230 g/mol. The Balaban J connectivity index is 2.14. The van der Waals surface area contributed by atoms with E-state index < -0.39 is 0 Å². The van der Waals surface area contributed by atoms with Gasteiger partial charge in [0.2, 0.25) is 0 Å². The van der Waals surface area contributed by atoms with E-state index in [1.165, 1.54) is 27.0 Å². The molecule has 0 fully saturated rings. The van der Waals surface area contributed by atoms with Gasteiger partial charge in [-0.1, -0.05) is 48.5 Å². The molecule has 0 spiro atoms. The van der Waals surface area contributed by atoms with E-state index in [-0.39, 0.29) is 0 Å². The largest absolute Gasteiger partial charge is 0.317 e. The van der Waals surface area contributed by atoms with E-state index in [4.69, 9.17) is 0 Å². The SMILES string of the molecule is C1=Cn2c(cc3ccccc32)/C=c2/ccccc2=C1. The number of benzene rings is 2. The zero-order valence-corrected chi connectivity index (χ0v) is 10.5. The topological polar surface area (TPSA) is 4.93 Å². The zero-order chi connectivity index (χ0) is 12.7. The molecule has 0 amide bonds. The molecule has 0 N–H and O–H groups in total. The van der Waals surface area contributed by atoms with Gasteiger partial charge in [-0.05, 0) is 34.7 Å². The molecular formula is C18H13N. The van der Waals surface area contributed by atoms with Crippen molar-refractivity contribution in [3.05, 3.63) is 76.8 Å².